The third-order valence-electron chi connectivity index (χ3n) is 1.07. The van der Waals surface area contributed by atoms with Gasteiger partial charge in [-0.05, 0) is 6.07 Å². The van der Waals surface area contributed by atoms with Crippen molar-refractivity contribution < 1.29 is 0 Å². The number of rotatable bonds is 4. The summed E-state index contributed by atoms with van der Waals surface area (Å²) in [5.41, 5.74) is 0. The molecule has 0 fully saturated rings. The summed E-state index contributed by atoms with van der Waals surface area (Å²) in [4.78, 5) is 8.15. The summed E-state index contributed by atoms with van der Waals surface area (Å²) in [5, 5.41) is 0. The first-order valence-corrected chi connectivity index (χ1v) is 5.02. The lowest BCUT2D eigenvalue weighted by atomic mass is 10.6. The number of aromatic nitrogens is 2. The highest BCUT2D eigenvalue weighted by Crippen LogP contribution is 2.06. The van der Waals surface area contributed by atoms with E-state index in [-0.39, 0.29) is 0 Å². The summed E-state index contributed by atoms with van der Waals surface area (Å²) < 4.78 is 0. The number of hydrogen-bond donors (Lipinski definition) is 0. The van der Waals surface area contributed by atoms with Crippen LogP contribution in [0.15, 0.2) is 18.5 Å². The van der Waals surface area contributed by atoms with E-state index in [9.17, 15) is 0 Å². The smallest absolute Gasteiger partial charge is 0.138 e. The Morgan fingerprint density at radius 3 is 2.73 bits per heavy atom. The normalized spacial score (nSPS) is 9.91. The van der Waals surface area contributed by atoms with Crippen LogP contribution >= 0.6 is 23.4 Å². The lowest BCUT2D eigenvalue weighted by Crippen LogP contribution is -1.91. The summed E-state index contributed by atoms with van der Waals surface area (Å²) in [6, 6.07) is 1.82. The van der Waals surface area contributed by atoms with Gasteiger partial charge in [-0.1, -0.05) is 0 Å². The lowest BCUT2D eigenvalue weighted by molar-refractivity contribution is 1.03. The molecule has 0 bridgehead atoms. The second kappa shape index (κ2) is 5.38. The first kappa shape index (κ1) is 8.81. The van der Waals surface area contributed by atoms with E-state index < -0.39 is 0 Å². The highest BCUT2D eigenvalue weighted by molar-refractivity contribution is 7.98. The van der Waals surface area contributed by atoms with Gasteiger partial charge >= 0.3 is 0 Å². The average molecular weight is 189 g/mol. The van der Waals surface area contributed by atoms with E-state index in [0.717, 1.165) is 17.3 Å². The number of halogens is 1. The molecule has 0 aliphatic heterocycles. The summed E-state index contributed by atoms with van der Waals surface area (Å²) in [7, 11) is 0. The standard InChI is InChI=1S/C7H9ClN2S/c8-2-5-11-6-7-9-3-1-4-10-7/h1,3-4H,2,5-6H2. The van der Waals surface area contributed by atoms with E-state index in [1.54, 1.807) is 24.2 Å². The van der Waals surface area contributed by atoms with Gasteiger partial charge in [0.2, 0.25) is 0 Å². The fourth-order valence-electron chi connectivity index (χ4n) is 0.623. The molecule has 0 N–H and O–H groups in total. The Morgan fingerprint density at radius 2 is 2.09 bits per heavy atom. The predicted molar refractivity (Wildman–Crippen MR) is 48.9 cm³/mol. The molecule has 0 aromatic carbocycles. The first-order valence-electron chi connectivity index (χ1n) is 3.33. The van der Waals surface area contributed by atoms with Gasteiger partial charge in [0.1, 0.15) is 5.82 Å². The maximum atomic E-state index is 5.51. The van der Waals surface area contributed by atoms with Crippen LogP contribution in [0, 0.1) is 0 Å². The molecule has 0 amide bonds. The molecule has 1 aromatic heterocycles. The van der Waals surface area contributed by atoms with Crippen LogP contribution in [0.25, 0.3) is 0 Å². The molecule has 0 saturated heterocycles. The highest BCUT2D eigenvalue weighted by atomic mass is 35.5. The van der Waals surface area contributed by atoms with E-state index >= 15 is 0 Å². The van der Waals surface area contributed by atoms with E-state index in [1.165, 1.54) is 0 Å². The lowest BCUT2D eigenvalue weighted by Gasteiger charge is -1.95. The molecular weight excluding hydrogens is 180 g/mol. The zero-order chi connectivity index (χ0) is 7.94. The number of nitrogens with zero attached hydrogens (tertiary/aromatic N) is 2. The van der Waals surface area contributed by atoms with Crippen LogP contribution in [0.3, 0.4) is 0 Å². The van der Waals surface area contributed by atoms with Crippen LogP contribution in [0.2, 0.25) is 0 Å². The van der Waals surface area contributed by atoms with Crippen molar-refractivity contribution in [2.24, 2.45) is 0 Å². The minimum absolute atomic E-state index is 0.692. The Balaban J connectivity index is 2.28. The number of thioether (sulfide) groups is 1. The average Bonchev–Trinajstić information content (AvgIpc) is 2.07. The van der Waals surface area contributed by atoms with Crippen molar-refractivity contribution in [2.75, 3.05) is 11.6 Å². The van der Waals surface area contributed by atoms with Crippen molar-refractivity contribution in [3.05, 3.63) is 24.3 Å². The Kier molecular flexibility index (Phi) is 4.31. The molecular formula is C7H9ClN2S. The van der Waals surface area contributed by atoms with Crippen LogP contribution in [0.4, 0.5) is 0 Å². The zero-order valence-electron chi connectivity index (χ0n) is 6.03. The monoisotopic (exact) mass is 188 g/mol. The minimum Gasteiger partial charge on any atom is -0.240 e. The Labute approximate surface area is 75.4 Å². The molecule has 2 nitrogen and oxygen atoms in total. The van der Waals surface area contributed by atoms with Gasteiger partial charge in [-0.15, -0.1) is 11.6 Å². The molecule has 60 valence electrons. The van der Waals surface area contributed by atoms with Gasteiger partial charge in [-0.25, -0.2) is 9.97 Å². The van der Waals surface area contributed by atoms with Crippen LogP contribution in [0.1, 0.15) is 5.82 Å². The van der Waals surface area contributed by atoms with Crippen LogP contribution in [0.5, 0.6) is 0 Å². The summed E-state index contributed by atoms with van der Waals surface area (Å²) in [5.74, 6) is 3.38. The Bertz CT molecular complexity index is 193. The van der Waals surface area contributed by atoms with Crippen molar-refractivity contribution in [2.45, 2.75) is 5.75 Å². The Hall–Kier alpha value is -0.280. The third-order valence-corrected chi connectivity index (χ3v) is 2.44. The predicted octanol–water partition coefficient (Wildman–Crippen LogP) is 1.95. The van der Waals surface area contributed by atoms with Gasteiger partial charge in [-0.3, -0.25) is 0 Å². The summed E-state index contributed by atoms with van der Waals surface area (Å²) >= 11 is 7.26. The van der Waals surface area contributed by atoms with E-state index in [1.807, 2.05) is 6.07 Å². The molecule has 1 rings (SSSR count). The third kappa shape index (κ3) is 3.58. The Morgan fingerprint density at radius 1 is 1.36 bits per heavy atom. The second-order valence-corrected chi connectivity index (χ2v) is 3.39. The molecule has 0 unspecified atom stereocenters. The molecule has 11 heavy (non-hydrogen) atoms. The SMILES string of the molecule is ClCCSCc1ncccn1. The van der Waals surface area contributed by atoms with Gasteiger partial charge in [0.15, 0.2) is 0 Å². The molecule has 0 aliphatic rings. The molecule has 0 atom stereocenters. The van der Waals surface area contributed by atoms with Crippen molar-refractivity contribution in [1.82, 2.24) is 9.97 Å². The second-order valence-electron chi connectivity index (χ2n) is 1.91. The maximum Gasteiger partial charge on any atom is 0.138 e. The summed E-state index contributed by atoms with van der Waals surface area (Å²) in [6.07, 6.45) is 3.51. The quantitative estimate of drug-likeness (QED) is 0.534. The van der Waals surface area contributed by atoms with Crippen molar-refractivity contribution >= 4 is 23.4 Å². The molecule has 0 saturated carbocycles. The van der Waals surface area contributed by atoms with Crippen molar-refractivity contribution in [3.8, 4) is 0 Å². The van der Waals surface area contributed by atoms with Crippen molar-refractivity contribution in [1.29, 1.82) is 0 Å². The number of alkyl halides is 1. The fourth-order valence-corrected chi connectivity index (χ4v) is 1.53. The highest BCUT2D eigenvalue weighted by Gasteiger charge is 1.92. The van der Waals surface area contributed by atoms with E-state index in [2.05, 4.69) is 9.97 Å². The van der Waals surface area contributed by atoms with E-state index in [4.69, 9.17) is 11.6 Å². The zero-order valence-corrected chi connectivity index (χ0v) is 7.61. The largest absolute Gasteiger partial charge is 0.240 e. The van der Waals surface area contributed by atoms with Gasteiger partial charge in [0.25, 0.3) is 0 Å². The molecule has 0 aliphatic carbocycles. The molecule has 0 radical (unpaired) electrons. The number of hydrogen-bond acceptors (Lipinski definition) is 3. The molecule has 1 heterocycles. The van der Waals surface area contributed by atoms with Crippen molar-refractivity contribution in [3.63, 3.8) is 0 Å². The molecule has 1 aromatic rings. The van der Waals surface area contributed by atoms with Crippen LogP contribution in [-0.4, -0.2) is 21.6 Å². The fraction of sp³-hybridized carbons (Fsp3) is 0.429. The summed E-state index contributed by atoms with van der Waals surface area (Å²) in [6.45, 7) is 0. The molecule has 0 spiro atoms. The van der Waals surface area contributed by atoms with Gasteiger partial charge in [0, 0.05) is 24.0 Å². The van der Waals surface area contributed by atoms with Crippen LogP contribution < -0.4 is 0 Å². The minimum atomic E-state index is 0.692. The first-order chi connectivity index (χ1) is 5.43. The van der Waals surface area contributed by atoms with E-state index in [0.29, 0.717) is 5.88 Å². The van der Waals surface area contributed by atoms with Gasteiger partial charge < -0.3 is 0 Å². The van der Waals surface area contributed by atoms with Gasteiger partial charge in [0.05, 0.1) is 5.75 Å². The molecule has 4 heteroatoms. The van der Waals surface area contributed by atoms with Crippen LogP contribution in [-0.2, 0) is 5.75 Å². The van der Waals surface area contributed by atoms with Gasteiger partial charge in [-0.2, -0.15) is 11.8 Å². The maximum absolute atomic E-state index is 5.51. The topological polar surface area (TPSA) is 25.8 Å².